The van der Waals surface area contributed by atoms with E-state index in [0.29, 0.717) is 18.2 Å². The Labute approximate surface area is 154 Å². The molecule has 0 radical (unpaired) electrons. The zero-order valence-electron chi connectivity index (χ0n) is 15.6. The van der Waals surface area contributed by atoms with Gasteiger partial charge in [0.2, 0.25) is 5.90 Å². The summed E-state index contributed by atoms with van der Waals surface area (Å²) < 4.78 is 10.8. The van der Waals surface area contributed by atoms with Crippen molar-refractivity contribution in [1.82, 2.24) is 0 Å². The summed E-state index contributed by atoms with van der Waals surface area (Å²) in [6.07, 6.45) is 1.72. The molecule has 0 N–H and O–H groups in total. The maximum Gasteiger partial charge on any atom is 0.363 e. The predicted octanol–water partition coefficient (Wildman–Crippen LogP) is 4.73. The average Bonchev–Trinajstić information content (AvgIpc) is 2.97. The minimum absolute atomic E-state index is 0.0748. The van der Waals surface area contributed by atoms with Crippen molar-refractivity contribution in [1.29, 1.82) is 0 Å². The van der Waals surface area contributed by atoms with E-state index in [4.69, 9.17) is 9.47 Å². The van der Waals surface area contributed by atoms with Gasteiger partial charge in [0.05, 0.1) is 6.61 Å². The zero-order chi connectivity index (χ0) is 18.7. The molecule has 0 saturated carbocycles. The summed E-state index contributed by atoms with van der Waals surface area (Å²) in [6.45, 7) is 9.04. The van der Waals surface area contributed by atoms with E-state index < -0.39 is 5.97 Å². The van der Waals surface area contributed by atoms with E-state index in [1.165, 1.54) is 5.56 Å². The highest BCUT2D eigenvalue weighted by Gasteiger charge is 2.24. The second-order valence-corrected chi connectivity index (χ2v) is 7.17. The number of aliphatic imine (C=N–C) groups is 1. The lowest BCUT2D eigenvalue weighted by molar-refractivity contribution is -0.129. The van der Waals surface area contributed by atoms with Crippen LogP contribution in [0.1, 0.15) is 44.4 Å². The first kappa shape index (κ1) is 17.9. The van der Waals surface area contributed by atoms with E-state index in [1.54, 1.807) is 6.08 Å². The van der Waals surface area contributed by atoms with Gasteiger partial charge in [0.25, 0.3) is 0 Å². The van der Waals surface area contributed by atoms with Gasteiger partial charge in [-0.2, -0.15) is 0 Å². The fourth-order valence-electron chi connectivity index (χ4n) is 2.63. The van der Waals surface area contributed by atoms with Gasteiger partial charge in [0.15, 0.2) is 5.70 Å². The molecule has 0 unspecified atom stereocenters. The Kier molecular flexibility index (Phi) is 4.94. The highest BCUT2D eigenvalue weighted by Crippen LogP contribution is 2.24. The standard InChI is InChI=1S/C22H23NO3/c1-5-25-18-12-6-15(7-13-18)14-19-21(24)26-20(23-19)16-8-10-17(11-9-16)22(2,3)4/h6-14H,5H2,1-4H3. The summed E-state index contributed by atoms with van der Waals surface area (Å²) >= 11 is 0. The number of cyclic esters (lactones) is 1. The summed E-state index contributed by atoms with van der Waals surface area (Å²) in [5.74, 6) is 0.702. The predicted molar refractivity (Wildman–Crippen MR) is 103 cm³/mol. The average molecular weight is 349 g/mol. The minimum Gasteiger partial charge on any atom is -0.494 e. The number of carbonyl (C=O) groups excluding carboxylic acids is 1. The Morgan fingerprint density at radius 2 is 1.69 bits per heavy atom. The summed E-state index contributed by atoms with van der Waals surface area (Å²) in [4.78, 5) is 16.5. The highest BCUT2D eigenvalue weighted by molar-refractivity contribution is 6.12. The van der Waals surface area contributed by atoms with E-state index in [1.807, 2.05) is 55.5 Å². The van der Waals surface area contributed by atoms with Crippen molar-refractivity contribution in [3.8, 4) is 5.75 Å². The number of rotatable bonds is 4. The van der Waals surface area contributed by atoms with Crippen LogP contribution in [-0.4, -0.2) is 18.5 Å². The molecule has 26 heavy (non-hydrogen) atoms. The molecule has 1 aliphatic heterocycles. The van der Waals surface area contributed by atoms with Crippen LogP contribution < -0.4 is 4.74 Å². The van der Waals surface area contributed by atoms with Gasteiger partial charge >= 0.3 is 5.97 Å². The summed E-state index contributed by atoms with van der Waals surface area (Å²) in [7, 11) is 0. The van der Waals surface area contributed by atoms with E-state index in [2.05, 4.69) is 25.8 Å². The van der Waals surface area contributed by atoms with Crippen molar-refractivity contribution < 1.29 is 14.3 Å². The normalized spacial score (nSPS) is 15.8. The first-order valence-electron chi connectivity index (χ1n) is 8.73. The third kappa shape index (κ3) is 4.02. The molecule has 134 valence electrons. The molecule has 0 atom stereocenters. The van der Waals surface area contributed by atoms with Crippen LogP contribution in [0.4, 0.5) is 0 Å². The van der Waals surface area contributed by atoms with Crippen LogP contribution in [0.3, 0.4) is 0 Å². The van der Waals surface area contributed by atoms with Crippen molar-refractivity contribution in [2.75, 3.05) is 6.61 Å². The molecule has 0 aromatic heterocycles. The Morgan fingerprint density at radius 1 is 1.04 bits per heavy atom. The van der Waals surface area contributed by atoms with E-state index in [-0.39, 0.29) is 5.41 Å². The van der Waals surface area contributed by atoms with E-state index in [9.17, 15) is 4.79 Å². The molecule has 2 aromatic rings. The second kappa shape index (κ2) is 7.16. The largest absolute Gasteiger partial charge is 0.494 e. The van der Waals surface area contributed by atoms with Crippen molar-refractivity contribution in [2.45, 2.75) is 33.1 Å². The summed E-state index contributed by atoms with van der Waals surface area (Å²) in [5, 5.41) is 0. The third-order valence-corrected chi connectivity index (χ3v) is 4.11. The van der Waals surface area contributed by atoms with Crippen LogP contribution in [0.2, 0.25) is 0 Å². The molecular formula is C22H23NO3. The molecule has 0 amide bonds. The van der Waals surface area contributed by atoms with Crippen molar-refractivity contribution in [3.05, 3.63) is 70.9 Å². The lowest BCUT2D eigenvalue weighted by Crippen LogP contribution is -2.11. The molecule has 1 aliphatic rings. The Bertz CT molecular complexity index is 854. The second-order valence-electron chi connectivity index (χ2n) is 7.17. The van der Waals surface area contributed by atoms with E-state index >= 15 is 0 Å². The summed E-state index contributed by atoms with van der Waals surface area (Å²) in [6, 6.07) is 15.5. The van der Waals surface area contributed by atoms with E-state index in [0.717, 1.165) is 16.9 Å². The van der Waals surface area contributed by atoms with Crippen LogP contribution in [0.5, 0.6) is 5.75 Å². The molecule has 4 heteroatoms. The maximum atomic E-state index is 12.1. The van der Waals surface area contributed by atoms with Gasteiger partial charge in [-0.15, -0.1) is 0 Å². The Hall–Kier alpha value is -2.88. The SMILES string of the molecule is CCOc1ccc(C=C2N=C(c3ccc(C(C)(C)C)cc3)OC2=O)cc1. The molecule has 2 aromatic carbocycles. The van der Waals surface area contributed by atoms with Gasteiger partial charge in [-0.1, -0.05) is 45.0 Å². The summed E-state index contributed by atoms with van der Waals surface area (Å²) in [5.41, 5.74) is 3.25. The number of ether oxygens (including phenoxy) is 2. The molecule has 0 aliphatic carbocycles. The fourth-order valence-corrected chi connectivity index (χ4v) is 2.63. The monoisotopic (exact) mass is 349 g/mol. The fraction of sp³-hybridized carbons (Fsp3) is 0.273. The lowest BCUT2D eigenvalue weighted by atomic mass is 9.87. The van der Waals surface area contributed by atoms with Gasteiger partial charge in [0.1, 0.15) is 5.75 Å². The molecule has 0 bridgehead atoms. The van der Waals surface area contributed by atoms with Crippen LogP contribution in [0.25, 0.3) is 6.08 Å². The minimum atomic E-state index is -0.436. The molecule has 0 saturated heterocycles. The molecule has 3 rings (SSSR count). The quantitative estimate of drug-likeness (QED) is 0.592. The van der Waals surface area contributed by atoms with Crippen molar-refractivity contribution >= 4 is 17.9 Å². The van der Waals surface area contributed by atoms with Gasteiger partial charge in [-0.3, -0.25) is 0 Å². The van der Waals surface area contributed by atoms with Gasteiger partial charge in [0, 0.05) is 5.56 Å². The molecule has 0 spiro atoms. The topological polar surface area (TPSA) is 47.9 Å². The maximum absolute atomic E-state index is 12.1. The third-order valence-electron chi connectivity index (χ3n) is 4.11. The number of benzene rings is 2. The van der Waals surface area contributed by atoms with Crippen molar-refractivity contribution in [2.24, 2.45) is 4.99 Å². The smallest absolute Gasteiger partial charge is 0.363 e. The number of esters is 1. The highest BCUT2D eigenvalue weighted by atomic mass is 16.6. The van der Waals surface area contributed by atoms with Gasteiger partial charge in [-0.05, 0) is 53.8 Å². The molecule has 4 nitrogen and oxygen atoms in total. The number of nitrogens with zero attached hydrogens (tertiary/aromatic N) is 1. The zero-order valence-corrected chi connectivity index (χ0v) is 15.6. The van der Waals surface area contributed by atoms with Crippen LogP contribution in [-0.2, 0) is 14.9 Å². The van der Waals surface area contributed by atoms with Gasteiger partial charge < -0.3 is 9.47 Å². The number of hydrogen-bond donors (Lipinski definition) is 0. The van der Waals surface area contributed by atoms with Crippen LogP contribution in [0, 0.1) is 0 Å². The number of carbonyl (C=O) groups is 1. The first-order valence-corrected chi connectivity index (χ1v) is 8.73. The molecule has 0 fully saturated rings. The van der Waals surface area contributed by atoms with Gasteiger partial charge in [-0.25, -0.2) is 9.79 Å². The Morgan fingerprint density at radius 3 is 2.27 bits per heavy atom. The first-order chi connectivity index (χ1) is 12.4. The lowest BCUT2D eigenvalue weighted by Gasteiger charge is -2.18. The Balaban J connectivity index is 1.82. The number of hydrogen-bond acceptors (Lipinski definition) is 4. The van der Waals surface area contributed by atoms with Crippen LogP contribution >= 0.6 is 0 Å². The van der Waals surface area contributed by atoms with Crippen molar-refractivity contribution in [3.63, 3.8) is 0 Å². The molecule has 1 heterocycles. The molecular weight excluding hydrogens is 326 g/mol. The van der Waals surface area contributed by atoms with Crippen LogP contribution in [0.15, 0.2) is 59.2 Å².